The van der Waals surface area contributed by atoms with E-state index in [4.69, 9.17) is 0 Å². The smallest absolute Gasteiger partial charge is 0.253 e. The van der Waals surface area contributed by atoms with E-state index in [2.05, 4.69) is 51.0 Å². The molecular formula is C13H17Br2NOS. The molecule has 1 aliphatic rings. The molecule has 0 saturated heterocycles. The molecule has 1 N–H and O–H groups in total. The highest BCUT2D eigenvalue weighted by atomic mass is 79.9. The van der Waals surface area contributed by atoms with Crippen LogP contribution in [0, 0.1) is 11.8 Å². The number of nitrogens with one attached hydrogen (secondary N) is 1. The third-order valence-electron chi connectivity index (χ3n) is 3.83. The molecule has 3 atom stereocenters. The van der Waals surface area contributed by atoms with Crippen LogP contribution in [0.1, 0.15) is 43.5 Å². The molecule has 1 saturated carbocycles. The minimum Gasteiger partial charge on any atom is -0.349 e. The summed E-state index contributed by atoms with van der Waals surface area (Å²) in [6.45, 7) is 4.58. The Morgan fingerprint density at radius 3 is 2.61 bits per heavy atom. The Labute approximate surface area is 129 Å². The van der Waals surface area contributed by atoms with Crippen LogP contribution < -0.4 is 5.32 Å². The van der Waals surface area contributed by atoms with Crippen LogP contribution in [0.2, 0.25) is 0 Å². The van der Waals surface area contributed by atoms with Crippen molar-refractivity contribution in [3.05, 3.63) is 19.2 Å². The Morgan fingerprint density at radius 1 is 1.33 bits per heavy atom. The van der Waals surface area contributed by atoms with Crippen molar-refractivity contribution in [1.29, 1.82) is 0 Å². The lowest BCUT2D eigenvalue weighted by molar-refractivity contribution is 0.0910. The van der Waals surface area contributed by atoms with Gasteiger partial charge in [0.1, 0.15) is 0 Å². The van der Waals surface area contributed by atoms with Gasteiger partial charge in [-0.15, -0.1) is 11.3 Å². The Hall–Kier alpha value is 0.130. The third-order valence-corrected chi connectivity index (χ3v) is 6.17. The van der Waals surface area contributed by atoms with Crippen LogP contribution in [0.15, 0.2) is 13.6 Å². The average molecular weight is 395 g/mol. The van der Waals surface area contributed by atoms with Crippen LogP contribution in [-0.2, 0) is 0 Å². The molecule has 1 aromatic rings. The van der Waals surface area contributed by atoms with E-state index >= 15 is 0 Å². The van der Waals surface area contributed by atoms with E-state index in [-0.39, 0.29) is 5.91 Å². The van der Waals surface area contributed by atoms with Gasteiger partial charge in [0.15, 0.2) is 0 Å². The number of amides is 1. The van der Waals surface area contributed by atoms with Gasteiger partial charge in [0.2, 0.25) is 0 Å². The normalized spacial score (nSPS) is 28.1. The highest BCUT2D eigenvalue weighted by Crippen LogP contribution is 2.33. The number of halogens is 2. The zero-order chi connectivity index (χ0) is 13.3. The van der Waals surface area contributed by atoms with Gasteiger partial charge in [0.05, 0.1) is 13.1 Å². The lowest BCUT2D eigenvalue weighted by Crippen LogP contribution is -2.39. The Balaban J connectivity index is 1.98. The van der Waals surface area contributed by atoms with Crippen molar-refractivity contribution in [2.24, 2.45) is 11.8 Å². The number of hydrogen-bond acceptors (Lipinski definition) is 2. The number of hydrogen-bond donors (Lipinski definition) is 1. The standard InChI is InChI=1S/C13H17Br2NOS/c1-7-3-4-9(5-8(7)2)16-13(17)10-6-11(14)18-12(10)15/h6-9H,3-5H2,1-2H3,(H,16,17). The van der Waals surface area contributed by atoms with Crippen LogP contribution in [0.3, 0.4) is 0 Å². The summed E-state index contributed by atoms with van der Waals surface area (Å²) < 4.78 is 1.87. The zero-order valence-corrected chi connectivity index (χ0v) is 14.5. The van der Waals surface area contributed by atoms with Crippen LogP contribution in [0.25, 0.3) is 0 Å². The largest absolute Gasteiger partial charge is 0.349 e. The number of rotatable bonds is 2. The lowest BCUT2D eigenvalue weighted by Gasteiger charge is -2.32. The second kappa shape index (κ2) is 6.06. The van der Waals surface area contributed by atoms with Crippen molar-refractivity contribution in [2.75, 3.05) is 0 Å². The van der Waals surface area contributed by atoms with Gasteiger partial charge in [-0.3, -0.25) is 4.79 Å². The summed E-state index contributed by atoms with van der Waals surface area (Å²) in [6.07, 6.45) is 3.40. The molecule has 1 aromatic heterocycles. The molecule has 0 aromatic carbocycles. The van der Waals surface area contributed by atoms with Crippen LogP contribution in [0.5, 0.6) is 0 Å². The fourth-order valence-corrected chi connectivity index (χ4v) is 5.23. The molecule has 0 radical (unpaired) electrons. The lowest BCUT2D eigenvalue weighted by atomic mass is 9.79. The molecule has 0 spiro atoms. The maximum Gasteiger partial charge on any atom is 0.253 e. The highest BCUT2D eigenvalue weighted by molar-refractivity contribution is 9.12. The van der Waals surface area contributed by atoms with Gasteiger partial charge in [-0.25, -0.2) is 0 Å². The molecule has 1 amide bonds. The fraction of sp³-hybridized carbons (Fsp3) is 0.615. The molecule has 0 aliphatic heterocycles. The highest BCUT2D eigenvalue weighted by Gasteiger charge is 2.26. The van der Waals surface area contributed by atoms with E-state index < -0.39 is 0 Å². The van der Waals surface area contributed by atoms with Crippen molar-refractivity contribution in [1.82, 2.24) is 5.32 Å². The van der Waals surface area contributed by atoms with Gasteiger partial charge >= 0.3 is 0 Å². The Bertz CT molecular complexity index is 446. The molecule has 1 fully saturated rings. The molecule has 2 rings (SSSR count). The first kappa shape index (κ1) is 14.5. The summed E-state index contributed by atoms with van der Waals surface area (Å²) in [7, 11) is 0. The zero-order valence-electron chi connectivity index (χ0n) is 10.5. The molecule has 1 aliphatic carbocycles. The molecule has 2 nitrogen and oxygen atoms in total. The predicted octanol–water partition coefficient (Wildman–Crippen LogP) is 4.83. The number of carbonyl (C=O) groups excluding carboxylic acids is 1. The van der Waals surface area contributed by atoms with Crippen molar-refractivity contribution < 1.29 is 4.79 Å². The van der Waals surface area contributed by atoms with Crippen molar-refractivity contribution in [3.8, 4) is 0 Å². The van der Waals surface area contributed by atoms with E-state index in [1.807, 2.05) is 6.07 Å². The molecule has 100 valence electrons. The van der Waals surface area contributed by atoms with E-state index in [0.717, 1.165) is 31.9 Å². The Morgan fingerprint density at radius 2 is 2.06 bits per heavy atom. The van der Waals surface area contributed by atoms with Crippen molar-refractivity contribution in [2.45, 2.75) is 39.2 Å². The third kappa shape index (κ3) is 3.36. The van der Waals surface area contributed by atoms with Gasteiger partial charge in [-0.1, -0.05) is 13.8 Å². The van der Waals surface area contributed by atoms with E-state index in [1.165, 1.54) is 17.8 Å². The van der Waals surface area contributed by atoms with Crippen LogP contribution in [0.4, 0.5) is 0 Å². The van der Waals surface area contributed by atoms with Gasteiger partial charge in [0.25, 0.3) is 5.91 Å². The van der Waals surface area contributed by atoms with Gasteiger partial charge in [-0.05, 0) is 69.0 Å². The van der Waals surface area contributed by atoms with Gasteiger partial charge in [0, 0.05) is 6.04 Å². The second-order valence-corrected chi connectivity index (χ2v) is 8.93. The maximum atomic E-state index is 12.2. The maximum absolute atomic E-state index is 12.2. The summed E-state index contributed by atoms with van der Waals surface area (Å²) in [4.78, 5) is 12.2. The topological polar surface area (TPSA) is 29.1 Å². The van der Waals surface area contributed by atoms with Gasteiger partial charge < -0.3 is 5.32 Å². The summed E-state index contributed by atoms with van der Waals surface area (Å²) in [5.41, 5.74) is 0.734. The first-order valence-corrected chi connectivity index (χ1v) is 8.63. The fourth-order valence-electron chi connectivity index (χ4n) is 2.44. The second-order valence-electron chi connectivity index (χ2n) is 5.18. The summed E-state index contributed by atoms with van der Waals surface area (Å²) >= 11 is 8.37. The minimum atomic E-state index is 0.0376. The van der Waals surface area contributed by atoms with Crippen LogP contribution in [-0.4, -0.2) is 11.9 Å². The van der Waals surface area contributed by atoms with E-state index in [1.54, 1.807) is 0 Å². The van der Waals surface area contributed by atoms with Crippen LogP contribution >= 0.6 is 43.2 Å². The molecular weight excluding hydrogens is 378 g/mol. The first-order chi connectivity index (χ1) is 8.47. The predicted molar refractivity (Wildman–Crippen MR) is 83.2 cm³/mol. The Kier molecular flexibility index (Phi) is 4.89. The molecule has 1 heterocycles. The SMILES string of the molecule is CC1CCC(NC(=O)c2cc(Br)sc2Br)CC1C. The average Bonchev–Trinajstić information content (AvgIpc) is 2.63. The van der Waals surface area contributed by atoms with E-state index in [9.17, 15) is 4.79 Å². The van der Waals surface area contributed by atoms with E-state index in [0.29, 0.717) is 12.0 Å². The quantitative estimate of drug-likeness (QED) is 0.764. The number of carbonyl (C=O) groups is 1. The molecule has 3 unspecified atom stereocenters. The molecule has 5 heteroatoms. The minimum absolute atomic E-state index is 0.0376. The molecule has 18 heavy (non-hydrogen) atoms. The van der Waals surface area contributed by atoms with Gasteiger partial charge in [-0.2, -0.15) is 0 Å². The summed E-state index contributed by atoms with van der Waals surface area (Å²) in [5.74, 6) is 1.51. The first-order valence-electron chi connectivity index (χ1n) is 6.23. The van der Waals surface area contributed by atoms with Crippen molar-refractivity contribution >= 4 is 49.1 Å². The monoisotopic (exact) mass is 393 g/mol. The molecule has 0 bridgehead atoms. The number of thiophene rings is 1. The van der Waals surface area contributed by atoms with Crippen molar-refractivity contribution in [3.63, 3.8) is 0 Å². The summed E-state index contributed by atoms with van der Waals surface area (Å²) in [6, 6.07) is 2.20. The summed E-state index contributed by atoms with van der Waals surface area (Å²) in [5, 5.41) is 3.16.